The lowest BCUT2D eigenvalue weighted by atomic mass is 10.2. The largest absolute Gasteiger partial charge is 0.392 e. The van der Waals surface area contributed by atoms with Crippen LogP contribution in [0.1, 0.15) is 41.6 Å². The van der Waals surface area contributed by atoms with Gasteiger partial charge in [0, 0.05) is 11.7 Å². The number of aliphatic hydroxyl groups excluding tert-OH is 1. The third kappa shape index (κ3) is 3.36. The molecule has 1 aromatic carbocycles. The van der Waals surface area contributed by atoms with E-state index in [4.69, 9.17) is 9.63 Å². The molecule has 0 spiro atoms. The van der Waals surface area contributed by atoms with Crippen molar-refractivity contribution >= 4 is 11.8 Å². The summed E-state index contributed by atoms with van der Waals surface area (Å²) in [4.78, 5) is 4.40. The lowest BCUT2D eigenvalue weighted by Crippen LogP contribution is -1.88. The summed E-state index contributed by atoms with van der Waals surface area (Å²) < 4.78 is 5.22. The van der Waals surface area contributed by atoms with Crippen molar-refractivity contribution in [2.75, 3.05) is 0 Å². The molecule has 1 N–H and O–H groups in total. The second kappa shape index (κ2) is 5.75. The highest BCUT2D eigenvalue weighted by Crippen LogP contribution is 2.39. The number of aliphatic hydroxyl groups is 1. The van der Waals surface area contributed by atoms with E-state index in [1.807, 2.05) is 24.3 Å². The molecule has 0 aliphatic heterocycles. The van der Waals surface area contributed by atoms with Crippen LogP contribution in [-0.4, -0.2) is 15.2 Å². The zero-order valence-electron chi connectivity index (χ0n) is 10.6. The zero-order chi connectivity index (χ0) is 13.1. The fourth-order valence-electron chi connectivity index (χ4n) is 1.82. The fraction of sp³-hybridized carbons (Fsp3) is 0.429. The molecule has 1 fully saturated rings. The molecule has 5 heteroatoms. The average Bonchev–Trinajstić information content (AvgIpc) is 3.20. The normalized spacial score (nSPS) is 14.8. The molecule has 0 bridgehead atoms. The summed E-state index contributed by atoms with van der Waals surface area (Å²) in [5.74, 6) is 3.82. The molecule has 0 saturated heterocycles. The first kappa shape index (κ1) is 12.7. The molecule has 100 valence electrons. The fourth-order valence-corrected chi connectivity index (χ4v) is 2.65. The predicted molar refractivity (Wildman–Crippen MR) is 73.6 cm³/mol. The summed E-state index contributed by atoms with van der Waals surface area (Å²) in [6, 6.07) is 8.00. The highest BCUT2D eigenvalue weighted by Gasteiger charge is 2.29. The number of benzene rings is 1. The molecule has 3 rings (SSSR count). The van der Waals surface area contributed by atoms with Crippen molar-refractivity contribution in [2.45, 2.75) is 36.9 Å². The number of aromatic nitrogens is 2. The molecule has 0 unspecified atom stereocenters. The molecule has 0 atom stereocenters. The van der Waals surface area contributed by atoms with E-state index in [1.54, 1.807) is 11.8 Å². The Hall–Kier alpha value is -1.33. The van der Waals surface area contributed by atoms with Gasteiger partial charge in [-0.2, -0.15) is 4.98 Å². The van der Waals surface area contributed by atoms with E-state index in [0.717, 1.165) is 28.8 Å². The van der Waals surface area contributed by atoms with Crippen molar-refractivity contribution in [1.29, 1.82) is 0 Å². The maximum Gasteiger partial charge on any atom is 0.229 e. The summed E-state index contributed by atoms with van der Waals surface area (Å²) in [5.41, 5.74) is 2.19. The summed E-state index contributed by atoms with van der Waals surface area (Å²) in [7, 11) is 0. The standard InChI is InChI=1S/C14H16N2O2S/c17-7-10-1-3-11(4-2-10)8-19-9-13-15-14(18-16-13)12-5-6-12/h1-4,12,17H,5-9H2. The van der Waals surface area contributed by atoms with Crippen LogP contribution < -0.4 is 0 Å². The van der Waals surface area contributed by atoms with Gasteiger partial charge in [-0.05, 0) is 24.0 Å². The van der Waals surface area contributed by atoms with Crippen LogP contribution in [0.3, 0.4) is 0 Å². The number of hydrogen-bond acceptors (Lipinski definition) is 5. The Morgan fingerprint density at radius 1 is 1.16 bits per heavy atom. The van der Waals surface area contributed by atoms with Gasteiger partial charge in [0.1, 0.15) is 0 Å². The van der Waals surface area contributed by atoms with Gasteiger partial charge in [0.2, 0.25) is 5.89 Å². The number of nitrogens with zero attached hydrogens (tertiary/aromatic N) is 2. The van der Waals surface area contributed by atoms with Gasteiger partial charge in [0.15, 0.2) is 5.82 Å². The quantitative estimate of drug-likeness (QED) is 0.879. The second-order valence-corrected chi connectivity index (χ2v) is 5.78. The van der Waals surface area contributed by atoms with Gasteiger partial charge in [-0.15, -0.1) is 11.8 Å². The zero-order valence-corrected chi connectivity index (χ0v) is 11.4. The molecule has 1 aliphatic carbocycles. The molecule has 1 aromatic heterocycles. The minimum absolute atomic E-state index is 0.0974. The summed E-state index contributed by atoms with van der Waals surface area (Å²) in [6.07, 6.45) is 2.37. The summed E-state index contributed by atoms with van der Waals surface area (Å²) >= 11 is 1.77. The Bertz CT molecular complexity index is 535. The van der Waals surface area contributed by atoms with E-state index in [-0.39, 0.29) is 6.61 Å². The molecule has 1 saturated carbocycles. The molecule has 4 nitrogen and oxygen atoms in total. The van der Waals surface area contributed by atoms with Crippen molar-refractivity contribution in [1.82, 2.24) is 10.1 Å². The Labute approximate surface area is 116 Å². The first-order valence-electron chi connectivity index (χ1n) is 6.44. The van der Waals surface area contributed by atoms with Crippen LogP contribution >= 0.6 is 11.8 Å². The average molecular weight is 276 g/mol. The molecule has 0 amide bonds. The first-order valence-corrected chi connectivity index (χ1v) is 7.59. The van der Waals surface area contributed by atoms with Crippen molar-refractivity contribution in [3.8, 4) is 0 Å². The smallest absolute Gasteiger partial charge is 0.229 e. The molecular weight excluding hydrogens is 260 g/mol. The Morgan fingerprint density at radius 3 is 2.58 bits per heavy atom. The van der Waals surface area contributed by atoms with Crippen LogP contribution in [0.15, 0.2) is 28.8 Å². The molecule has 0 radical (unpaired) electrons. The van der Waals surface area contributed by atoms with Crippen LogP contribution in [0, 0.1) is 0 Å². The highest BCUT2D eigenvalue weighted by atomic mass is 32.2. The monoisotopic (exact) mass is 276 g/mol. The van der Waals surface area contributed by atoms with E-state index in [2.05, 4.69) is 10.1 Å². The molecule has 19 heavy (non-hydrogen) atoms. The third-order valence-corrected chi connectivity index (χ3v) is 4.12. The predicted octanol–water partition coefficient (Wildman–Crippen LogP) is 2.87. The lowest BCUT2D eigenvalue weighted by molar-refractivity contribution is 0.282. The minimum atomic E-state index is 0.0974. The number of rotatable bonds is 6. The number of hydrogen-bond donors (Lipinski definition) is 1. The van der Waals surface area contributed by atoms with Gasteiger partial charge >= 0.3 is 0 Å². The second-order valence-electron chi connectivity index (χ2n) is 4.79. The molecule has 1 heterocycles. The van der Waals surface area contributed by atoms with Gasteiger partial charge in [0.25, 0.3) is 0 Å². The Kier molecular flexibility index (Phi) is 3.84. The molecule has 1 aliphatic rings. The molecular formula is C14H16N2O2S. The van der Waals surface area contributed by atoms with E-state index < -0.39 is 0 Å². The van der Waals surface area contributed by atoms with Crippen LogP contribution in [0.2, 0.25) is 0 Å². The first-order chi connectivity index (χ1) is 9.35. The topological polar surface area (TPSA) is 59.2 Å². The van der Waals surface area contributed by atoms with Crippen LogP contribution in [0.4, 0.5) is 0 Å². The third-order valence-electron chi connectivity index (χ3n) is 3.12. The van der Waals surface area contributed by atoms with Crippen LogP contribution in [0.25, 0.3) is 0 Å². The maximum atomic E-state index is 8.97. The van der Waals surface area contributed by atoms with Gasteiger partial charge < -0.3 is 9.63 Å². The van der Waals surface area contributed by atoms with E-state index in [0.29, 0.717) is 5.92 Å². The van der Waals surface area contributed by atoms with Crippen molar-refractivity contribution in [3.05, 3.63) is 47.1 Å². The SMILES string of the molecule is OCc1ccc(CSCc2noc(C3CC3)n2)cc1. The van der Waals surface area contributed by atoms with Crippen LogP contribution in [-0.2, 0) is 18.1 Å². The van der Waals surface area contributed by atoms with E-state index >= 15 is 0 Å². The summed E-state index contributed by atoms with van der Waals surface area (Å²) in [5, 5.41) is 13.0. The number of thioether (sulfide) groups is 1. The van der Waals surface area contributed by atoms with Gasteiger partial charge in [-0.3, -0.25) is 0 Å². The minimum Gasteiger partial charge on any atom is -0.392 e. The van der Waals surface area contributed by atoms with Gasteiger partial charge in [0.05, 0.1) is 12.4 Å². The molecule has 2 aromatic rings. The van der Waals surface area contributed by atoms with Gasteiger partial charge in [-0.25, -0.2) is 0 Å². The Balaban J connectivity index is 1.48. The lowest BCUT2D eigenvalue weighted by Gasteiger charge is -2.01. The summed E-state index contributed by atoms with van der Waals surface area (Å²) in [6.45, 7) is 0.0974. The highest BCUT2D eigenvalue weighted by molar-refractivity contribution is 7.97. The van der Waals surface area contributed by atoms with E-state index in [9.17, 15) is 0 Å². The van der Waals surface area contributed by atoms with Crippen LogP contribution in [0.5, 0.6) is 0 Å². The van der Waals surface area contributed by atoms with Crippen molar-refractivity contribution < 1.29 is 9.63 Å². The van der Waals surface area contributed by atoms with Gasteiger partial charge in [-0.1, -0.05) is 29.4 Å². The van der Waals surface area contributed by atoms with Crippen molar-refractivity contribution in [3.63, 3.8) is 0 Å². The Morgan fingerprint density at radius 2 is 1.89 bits per heavy atom. The van der Waals surface area contributed by atoms with E-state index in [1.165, 1.54) is 18.4 Å². The van der Waals surface area contributed by atoms with Crippen molar-refractivity contribution in [2.24, 2.45) is 0 Å². The maximum absolute atomic E-state index is 8.97.